The highest BCUT2D eigenvalue weighted by Gasteiger charge is 2.13. The van der Waals surface area contributed by atoms with Crippen LogP contribution in [-0.4, -0.2) is 47.8 Å². The zero-order valence-electron chi connectivity index (χ0n) is 10.2. The fourth-order valence-electron chi connectivity index (χ4n) is 1.51. The van der Waals surface area contributed by atoms with Crippen molar-refractivity contribution in [3.8, 4) is 0 Å². The van der Waals surface area contributed by atoms with Gasteiger partial charge in [-0.05, 0) is 33.9 Å². The van der Waals surface area contributed by atoms with E-state index < -0.39 is 0 Å². The van der Waals surface area contributed by atoms with Gasteiger partial charge in [0.25, 0.3) is 0 Å². The topological polar surface area (TPSA) is 35.5 Å². The maximum atomic E-state index is 9.34. The zero-order chi connectivity index (χ0) is 11.1. The lowest BCUT2D eigenvalue weighted by Gasteiger charge is -2.27. The Labute approximate surface area is 88.5 Å². The maximum Gasteiger partial charge on any atom is 0.0662 e. The Morgan fingerprint density at radius 2 is 1.64 bits per heavy atom. The van der Waals surface area contributed by atoms with Gasteiger partial charge < -0.3 is 15.3 Å². The summed E-state index contributed by atoms with van der Waals surface area (Å²) in [5.74, 6) is 0. The van der Waals surface area contributed by atoms with E-state index in [0.717, 1.165) is 19.6 Å². The lowest BCUT2D eigenvalue weighted by atomic mass is 10.2. The molecule has 3 atom stereocenters. The van der Waals surface area contributed by atoms with Crippen LogP contribution in [0.15, 0.2) is 0 Å². The first-order valence-electron chi connectivity index (χ1n) is 5.67. The van der Waals surface area contributed by atoms with Gasteiger partial charge in [-0.2, -0.15) is 0 Å². The molecule has 0 aliphatic carbocycles. The molecule has 86 valence electrons. The SMILES string of the molecule is CCN(CC)CC(C)NC(C)C(C)O. The summed E-state index contributed by atoms with van der Waals surface area (Å²) in [6.45, 7) is 13.6. The normalized spacial score (nSPS) is 18.2. The summed E-state index contributed by atoms with van der Waals surface area (Å²) in [6, 6.07) is 0.597. The van der Waals surface area contributed by atoms with Crippen molar-refractivity contribution >= 4 is 0 Å². The summed E-state index contributed by atoms with van der Waals surface area (Å²) in [5.41, 5.74) is 0. The van der Waals surface area contributed by atoms with Gasteiger partial charge in [0.2, 0.25) is 0 Å². The fourth-order valence-corrected chi connectivity index (χ4v) is 1.51. The predicted molar refractivity (Wildman–Crippen MR) is 61.5 cm³/mol. The van der Waals surface area contributed by atoms with Crippen molar-refractivity contribution in [1.29, 1.82) is 0 Å². The van der Waals surface area contributed by atoms with E-state index >= 15 is 0 Å². The zero-order valence-corrected chi connectivity index (χ0v) is 10.2. The molecule has 0 aliphatic heterocycles. The Kier molecular flexibility index (Phi) is 7.15. The average molecular weight is 202 g/mol. The summed E-state index contributed by atoms with van der Waals surface area (Å²) in [5, 5.41) is 12.7. The molecule has 3 nitrogen and oxygen atoms in total. The molecule has 3 heteroatoms. The Bertz CT molecular complexity index is 131. The van der Waals surface area contributed by atoms with E-state index in [1.165, 1.54) is 0 Å². The van der Waals surface area contributed by atoms with Crippen LogP contribution < -0.4 is 5.32 Å². The van der Waals surface area contributed by atoms with Crippen LogP contribution in [-0.2, 0) is 0 Å². The van der Waals surface area contributed by atoms with E-state index in [4.69, 9.17) is 0 Å². The van der Waals surface area contributed by atoms with Crippen molar-refractivity contribution in [2.24, 2.45) is 0 Å². The number of nitrogens with one attached hydrogen (secondary N) is 1. The van der Waals surface area contributed by atoms with Crippen molar-refractivity contribution < 1.29 is 5.11 Å². The van der Waals surface area contributed by atoms with E-state index in [1.807, 2.05) is 13.8 Å². The molecule has 0 saturated heterocycles. The van der Waals surface area contributed by atoms with Crippen LogP contribution >= 0.6 is 0 Å². The van der Waals surface area contributed by atoms with E-state index in [9.17, 15) is 5.11 Å². The number of rotatable bonds is 7. The summed E-state index contributed by atoms with van der Waals surface area (Å²) >= 11 is 0. The van der Waals surface area contributed by atoms with Gasteiger partial charge in [-0.1, -0.05) is 13.8 Å². The van der Waals surface area contributed by atoms with Crippen LogP contribution in [0.25, 0.3) is 0 Å². The van der Waals surface area contributed by atoms with Gasteiger partial charge in [-0.15, -0.1) is 0 Å². The van der Waals surface area contributed by atoms with Gasteiger partial charge in [0.15, 0.2) is 0 Å². The summed E-state index contributed by atoms with van der Waals surface area (Å²) < 4.78 is 0. The minimum absolute atomic E-state index is 0.167. The van der Waals surface area contributed by atoms with E-state index in [-0.39, 0.29) is 12.1 Å². The Balaban J connectivity index is 3.78. The van der Waals surface area contributed by atoms with Crippen molar-refractivity contribution in [1.82, 2.24) is 10.2 Å². The Hall–Kier alpha value is -0.120. The second-order valence-electron chi connectivity index (χ2n) is 4.08. The third kappa shape index (κ3) is 5.58. The molecule has 0 radical (unpaired) electrons. The number of likely N-dealkylation sites (N-methyl/N-ethyl adjacent to an activating group) is 1. The van der Waals surface area contributed by atoms with Gasteiger partial charge in [-0.3, -0.25) is 0 Å². The summed E-state index contributed by atoms with van der Waals surface area (Å²) in [7, 11) is 0. The van der Waals surface area contributed by atoms with Gasteiger partial charge in [0.1, 0.15) is 0 Å². The quantitative estimate of drug-likeness (QED) is 0.648. The minimum Gasteiger partial charge on any atom is -0.392 e. The van der Waals surface area contributed by atoms with Crippen LogP contribution in [0.3, 0.4) is 0 Å². The first-order chi connectivity index (χ1) is 6.51. The minimum atomic E-state index is -0.283. The number of nitrogens with zero attached hydrogens (tertiary/aromatic N) is 1. The highest BCUT2D eigenvalue weighted by molar-refractivity contribution is 4.73. The number of aliphatic hydroxyl groups is 1. The molecular weight excluding hydrogens is 176 g/mol. The standard InChI is InChI=1S/C11H26N2O/c1-6-13(7-2)8-9(3)12-10(4)11(5)14/h9-12,14H,6-8H2,1-5H3. The van der Waals surface area contributed by atoms with Crippen LogP contribution in [0.2, 0.25) is 0 Å². The molecule has 14 heavy (non-hydrogen) atoms. The van der Waals surface area contributed by atoms with Crippen LogP contribution in [0, 0.1) is 0 Å². The lowest BCUT2D eigenvalue weighted by Crippen LogP contribution is -2.46. The molecule has 0 spiro atoms. The van der Waals surface area contributed by atoms with Crippen molar-refractivity contribution in [3.63, 3.8) is 0 Å². The number of hydrogen-bond acceptors (Lipinski definition) is 3. The monoisotopic (exact) mass is 202 g/mol. The molecule has 0 aliphatic rings. The smallest absolute Gasteiger partial charge is 0.0662 e. The van der Waals surface area contributed by atoms with Crippen molar-refractivity contribution in [2.75, 3.05) is 19.6 Å². The third-order valence-corrected chi connectivity index (χ3v) is 2.70. The third-order valence-electron chi connectivity index (χ3n) is 2.70. The second-order valence-corrected chi connectivity index (χ2v) is 4.08. The largest absolute Gasteiger partial charge is 0.392 e. The summed E-state index contributed by atoms with van der Waals surface area (Å²) in [4.78, 5) is 2.38. The molecule has 0 amide bonds. The van der Waals surface area contributed by atoms with E-state index in [2.05, 4.69) is 31.0 Å². The average Bonchev–Trinajstić information content (AvgIpc) is 2.13. The molecule has 0 saturated carbocycles. The predicted octanol–water partition coefficient (Wildman–Crippen LogP) is 1.08. The molecule has 0 aromatic carbocycles. The molecule has 0 aromatic rings. The van der Waals surface area contributed by atoms with Gasteiger partial charge in [0, 0.05) is 18.6 Å². The molecule has 0 heterocycles. The molecule has 0 bridgehead atoms. The Morgan fingerprint density at radius 1 is 1.14 bits per heavy atom. The highest BCUT2D eigenvalue weighted by Crippen LogP contribution is 1.96. The molecular formula is C11H26N2O. The van der Waals surface area contributed by atoms with Crippen LogP contribution in [0.1, 0.15) is 34.6 Å². The second kappa shape index (κ2) is 7.21. The van der Waals surface area contributed by atoms with E-state index in [1.54, 1.807) is 0 Å². The van der Waals surface area contributed by atoms with E-state index in [0.29, 0.717) is 6.04 Å². The van der Waals surface area contributed by atoms with Gasteiger partial charge in [-0.25, -0.2) is 0 Å². The highest BCUT2D eigenvalue weighted by atomic mass is 16.3. The fraction of sp³-hybridized carbons (Fsp3) is 1.00. The molecule has 0 rings (SSSR count). The van der Waals surface area contributed by atoms with Gasteiger partial charge in [0.05, 0.1) is 6.10 Å². The van der Waals surface area contributed by atoms with Gasteiger partial charge >= 0.3 is 0 Å². The number of aliphatic hydroxyl groups excluding tert-OH is 1. The van der Waals surface area contributed by atoms with Crippen molar-refractivity contribution in [2.45, 2.75) is 52.8 Å². The molecule has 0 fully saturated rings. The number of hydrogen-bond donors (Lipinski definition) is 2. The lowest BCUT2D eigenvalue weighted by molar-refractivity contribution is 0.141. The molecule has 0 aromatic heterocycles. The maximum absolute atomic E-state index is 9.34. The molecule has 3 unspecified atom stereocenters. The summed E-state index contributed by atoms with van der Waals surface area (Å²) in [6.07, 6.45) is -0.283. The first kappa shape index (κ1) is 13.9. The Morgan fingerprint density at radius 3 is 2.00 bits per heavy atom. The van der Waals surface area contributed by atoms with Crippen molar-refractivity contribution in [3.05, 3.63) is 0 Å². The van der Waals surface area contributed by atoms with Crippen LogP contribution in [0.5, 0.6) is 0 Å². The first-order valence-corrected chi connectivity index (χ1v) is 5.67. The van der Waals surface area contributed by atoms with Crippen LogP contribution in [0.4, 0.5) is 0 Å². The molecule has 2 N–H and O–H groups in total.